The normalized spacial score (nSPS) is 15.5. The molecule has 26 heavy (non-hydrogen) atoms. The Kier molecular flexibility index (Phi) is 5.25. The van der Waals surface area contributed by atoms with E-state index in [2.05, 4.69) is 15.1 Å². The third kappa shape index (κ3) is 3.43. The Morgan fingerprint density at radius 3 is 2.46 bits per heavy atom. The van der Waals surface area contributed by atoms with Crippen molar-refractivity contribution in [1.82, 2.24) is 15.1 Å². The second-order valence-corrected chi connectivity index (χ2v) is 6.59. The molecule has 6 nitrogen and oxygen atoms in total. The van der Waals surface area contributed by atoms with Gasteiger partial charge in [0.15, 0.2) is 5.82 Å². The molecule has 0 amide bonds. The molecule has 7 heteroatoms. The topological polar surface area (TPSA) is 81.1 Å². The molecule has 0 spiro atoms. The number of rotatable bonds is 4. The number of hydrogen-bond acceptors (Lipinski definition) is 6. The lowest BCUT2D eigenvalue weighted by atomic mass is 9.99. The first-order valence-corrected chi connectivity index (χ1v) is 8.54. The Labute approximate surface area is 158 Å². The predicted molar refractivity (Wildman–Crippen MR) is 104 cm³/mol. The summed E-state index contributed by atoms with van der Waals surface area (Å²) in [6.07, 6.45) is 5.80. The summed E-state index contributed by atoms with van der Waals surface area (Å²) < 4.78 is 5.42. The lowest BCUT2D eigenvalue weighted by molar-refractivity contribution is 0.372. The zero-order valence-electron chi connectivity index (χ0n) is 14.6. The highest BCUT2D eigenvalue weighted by Crippen LogP contribution is 2.35. The molecule has 3 aromatic rings. The van der Waals surface area contributed by atoms with E-state index in [1.807, 2.05) is 54.4 Å². The van der Waals surface area contributed by atoms with Crippen LogP contribution >= 0.6 is 12.4 Å². The number of anilines is 2. The van der Waals surface area contributed by atoms with Gasteiger partial charge in [0.1, 0.15) is 5.82 Å². The molecule has 0 saturated heterocycles. The molecule has 1 aliphatic carbocycles. The minimum absolute atomic E-state index is 0. The highest BCUT2D eigenvalue weighted by molar-refractivity contribution is 5.85. The van der Waals surface area contributed by atoms with Crippen molar-refractivity contribution in [2.75, 3.05) is 11.9 Å². The van der Waals surface area contributed by atoms with Crippen molar-refractivity contribution in [1.29, 1.82) is 0 Å². The predicted octanol–water partition coefficient (Wildman–Crippen LogP) is 4.05. The quantitative estimate of drug-likeness (QED) is 0.745. The molecule has 0 unspecified atom stereocenters. The van der Waals surface area contributed by atoms with Crippen LogP contribution < -0.4 is 10.6 Å². The minimum atomic E-state index is -0.442. The number of benzene rings is 1. The molecular weight excluding hydrogens is 350 g/mol. The van der Waals surface area contributed by atoms with Gasteiger partial charge in [-0.1, -0.05) is 36.2 Å². The Bertz CT molecular complexity index is 844. The number of hydrogen-bond donors (Lipinski definition) is 1. The van der Waals surface area contributed by atoms with Crippen LogP contribution in [0.1, 0.15) is 31.5 Å². The lowest BCUT2D eigenvalue weighted by Gasteiger charge is -2.18. The van der Waals surface area contributed by atoms with E-state index in [4.69, 9.17) is 10.3 Å². The van der Waals surface area contributed by atoms with Crippen molar-refractivity contribution in [3.05, 3.63) is 54.5 Å². The molecule has 0 aliphatic heterocycles. The van der Waals surface area contributed by atoms with Crippen molar-refractivity contribution >= 4 is 23.9 Å². The van der Waals surface area contributed by atoms with Gasteiger partial charge in [-0.15, -0.1) is 12.4 Å². The summed E-state index contributed by atoms with van der Waals surface area (Å²) in [5.41, 5.74) is 7.83. The molecule has 2 aromatic heterocycles. The van der Waals surface area contributed by atoms with Crippen LogP contribution in [0, 0.1) is 0 Å². The highest BCUT2D eigenvalue weighted by Gasteiger charge is 2.36. The number of nitrogens with zero attached hydrogens (tertiary/aromatic N) is 4. The van der Waals surface area contributed by atoms with E-state index in [1.54, 1.807) is 6.20 Å². The van der Waals surface area contributed by atoms with Gasteiger partial charge in [0.2, 0.25) is 0 Å². The van der Waals surface area contributed by atoms with Gasteiger partial charge < -0.3 is 15.2 Å². The molecule has 0 atom stereocenters. The average Bonchev–Trinajstić information content (AvgIpc) is 3.32. The van der Waals surface area contributed by atoms with Gasteiger partial charge >= 0.3 is 0 Å². The number of pyridine rings is 1. The molecule has 2 heterocycles. The third-order valence-electron chi connectivity index (χ3n) is 4.85. The molecule has 0 radical (unpaired) electrons. The van der Waals surface area contributed by atoms with Crippen molar-refractivity contribution in [3.63, 3.8) is 0 Å². The standard InChI is InChI=1S/C19H21N5O.ClH/c1-24(15-7-3-2-4-8-15)16-10-9-14(13-21-16)17-22-18(23-25-17)19(20)11-5-6-12-19;/h2-4,7-10,13H,5-6,11-12,20H2,1H3;1H. The summed E-state index contributed by atoms with van der Waals surface area (Å²) in [4.78, 5) is 11.1. The van der Waals surface area contributed by atoms with E-state index in [1.165, 1.54) is 0 Å². The van der Waals surface area contributed by atoms with Gasteiger partial charge in [-0.2, -0.15) is 4.98 Å². The van der Waals surface area contributed by atoms with Gasteiger partial charge in [0.25, 0.3) is 5.89 Å². The first-order valence-electron chi connectivity index (χ1n) is 8.54. The number of nitrogens with two attached hydrogens (primary N) is 1. The molecule has 2 N–H and O–H groups in total. The van der Waals surface area contributed by atoms with Crippen molar-refractivity contribution in [3.8, 4) is 11.5 Å². The molecule has 0 bridgehead atoms. The summed E-state index contributed by atoms with van der Waals surface area (Å²) >= 11 is 0. The highest BCUT2D eigenvalue weighted by atomic mass is 35.5. The van der Waals surface area contributed by atoms with Crippen LogP contribution in [-0.4, -0.2) is 22.2 Å². The SMILES string of the molecule is CN(c1ccccc1)c1ccc(-c2nc(C3(N)CCCC3)no2)cn1.Cl. The maximum Gasteiger partial charge on any atom is 0.259 e. The van der Waals surface area contributed by atoms with Gasteiger partial charge in [0, 0.05) is 18.9 Å². The monoisotopic (exact) mass is 371 g/mol. The fourth-order valence-electron chi connectivity index (χ4n) is 3.27. The smallest absolute Gasteiger partial charge is 0.259 e. The second kappa shape index (κ2) is 7.43. The van der Waals surface area contributed by atoms with Gasteiger partial charge in [-0.25, -0.2) is 4.98 Å². The van der Waals surface area contributed by atoms with Crippen LogP contribution in [0.3, 0.4) is 0 Å². The summed E-state index contributed by atoms with van der Waals surface area (Å²) in [5, 5.41) is 4.10. The number of aromatic nitrogens is 3. The molecule has 136 valence electrons. The maximum absolute atomic E-state index is 6.39. The fraction of sp³-hybridized carbons (Fsp3) is 0.316. The van der Waals surface area contributed by atoms with Crippen molar-refractivity contribution < 1.29 is 4.52 Å². The van der Waals surface area contributed by atoms with Crippen LogP contribution in [0.4, 0.5) is 11.5 Å². The summed E-state index contributed by atoms with van der Waals surface area (Å²) in [6, 6.07) is 14.0. The van der Waals surface area contributed by atoms with E-state index >= 15 is 0 Å². The van der Waals surface area contributed by atoms with Gasteiger partial charge in [-0.05, 0) is 37.1 Å². The van der Waals surface area contributed by atoms with Crippen molar-refractivity contribution in [2.45, 2.75) is 31.2 Å². The molecule has 1 saturated carbocycles. The van der Waals surface area contributed by atoms with Gasteiger partial charge in [0.05, 0.1) is 11.1 Å². The Morgan fingerprint density at radius 1 is 1.08 bits per heavy atom. The zero-order valence-corrected chi connectivity index (χ0v) is 15.4. The van der Waals surface area contributed by atoms with Crippen LogP contribution in [0.5, 0.6) is 0 Å². The van der Waals surface area contributed by atoms with E-state index in [-0.39, 0.29) is 12.4 Å². The summed E-state index contributed by atoms with van der Waals surface area (Å²) in [7, 11) is 1.99. The van der Waals surface area contributed by atoms with E-state index < -0.39 is 5.54 Å². The fourth-order valence-corrected chi connectivity index (χ4v) is 3.27. The van der Waals surface area contributed by atoms with Crippen LogP contribution in [0.25, 0.3) is 11.5 Å². The van der Waals surface area contributed by atoms with E-state index in [0.29, 0.717) is 11.7 Å². The first-order chi connectivity index (χ1) is 12.2. The Morgan fingerprint density at radius 2 is 1.81 bits per heavy atom. The lowest BCUT2D eigenvalue weighted by Crippen LogP contribution is -2.34. The first kappa shape index (κ1) is 18.4. The minimum Gasteiger partial charge on any atom is -0.334 e. The number of para-hydroxylation sites is 1. The van der Waals surface area contributed by atoms with Gasteiger partial charge in [-0.3, -0.25) is 0 Å². The number of halogens is 1. The average molecular weight is 372 g/mol. The van der Waals surface area contributed by atoms with E-state index in [9.17, 15) is 0 Å². The zero-order chi connectivity index (χ0) is 17.3. The Hall–Kier alpha value is -2.44. The van der Waals surface area contributed by atoms with Crippen LogP contribution in [0.2, 0.25) is 0 Å². The molecule has 1 aliphatic rings. The van der Waals surface area contributed by atoms with Crippen LogP contribution in [0.15, 0.2) is 53.2 Å². The molecule has 1 aromatic carbocycles. The maximum atomic E-state index is 6.39. The van der Waals surface area contributed by atoms with Crippen LogP contribution in [-0.2, 0) is 5.54 Å². The molecule has 1 fully saturated rings. The third-order valence-corrected chi connectivity index (χ3v) is 4.85. The summed E-state index contributed by atoms with van der Waals surface area (Å²) in [6.45, 7) is 0. The molecule has 4 rings (SSSR count). The van der Waals surface area contributed by atoms with Crippen molar-refractivity contribution in [2.24, 2.45) is 5.73 Å². The molecular formula is C19H22ClN5O. The second-order valence-electron chi connectivity index (χ2n) is 6.59. The largest absolute Gasteiger partial charge is 0.334 e. The van der Waals surface area contributed by atoms with E-state index in [0.717, 1.165) is 42.8 Å². The Balaban J connectivity index is 0.00000196. The summed E-state index contributed by atoms with van der Waals surface area (Å²) in [5.74, 6) is 1.92.